The first-order chi connectivity index (χ1) is 11.0. The molecule has 2 aromatic rings. The van der Waals surface area contributed by atoms with Gasteiger partial charge in [0.25, 0.3) is 0 Å². The lowest BCUT2D eigenvalue weighted by molar-refractivity contribution is -0.135. The van der Waals surface area contributed by atoms with Crippen LogP contribution in [0.3, 0.4) is 0 Å². The highest BCUT2D eigenvalue weighted by Gasteiger charge is 2.22. The molecule has 0 fully saturated rings. The van der Waals surface area contributed by atoms with Crippen LogP contribution in [0, 0.1) is 0 Å². The van der Waals surface area contributed by atoms with Gasteiger partial charge in [0.15, 0.2) is 0 Å². The lowest BCUT2D eigenvalue weighted by atomic mass is 10.2. The lowest BCUT2D eigenvalue weighted by Gasteiger charge is -2.31. The van der Waals surface area contributed by atoms with Gasteiger partial charge in [-0.3, -0.25) is 4.79 Å². The normalized spacial score (nSPS) is 11.6. The number of hydrogen-bond acceptors (Lipinski definition) is 3. The van der Waals surface area contributed by atoms with Crippen LogP contribution < -0.4 is 0 Å². The second kappa shape index (κ2) is 7.59. The first-order valence-corrected chi connectivity index (χ1v) is 8.31. The van der Waals surface area contributed by atoms with Gasteiger partial charge in [-0.15, -0.1) is 0 Å². The van der Waals surface area contributed by atoms with Crippen LogP contribution in [0.4, 0.5) is 0 Å². The zero-order valence-electron chi connectivity index (χ0n) is 14.5. The summed E-state index contributed by atoms with van der Waals surface area (Å²) in [6.07, 6.45) is 1.32. The van der Waals surface area contributed by atoms with Crippen LogP contribution in [-0.4, -0.2) is 44.2 Å². The molecule has 0 unspecified atom stereocenters. The predicted octanol–water partition coefficient (Wildman–Crippen LogP) is 2.61. The van der Waals surface area contributed by atoms with Gasteiger partial charge in [-0.1, -0.05) is 12.1 Å². The Morgan fingerprint density at radius 3 is 2.48 bits per heavy atom. The van der Waals surface area contributed by atoms with Crippen LogP contribution in [0.25, 0.3) is 11.0 Å². The molecule has 1 heterocycles. The van der Waals surface area contributed by atoms with E-state index >= 15 is 0 Å². The van der Waals surface area contributed by atoms with Crippen molar-refractivity contribution in [2.75, 3.05) is 6.61 Å². The third kappa shape index (κ3) is 3.91. The molecule has 0 aliphatic carbocycles. The van der Waals surface area contributed by atoms with Gasteiger partial charge in [-0.25, -0.2) is 4.98 Å². The van der Waals surface area contributed by atoms with E-state index in [9.17, 15) is 4.79 Å². The Morgan fingerprint density at radius 1 is 1.22 bits per heavy atom. The van der Waals surface area contributed by atoms with E-state index in [0.717, 1.165) is 16.9 Å². The highest BCUT2D eigenvalue weighted by atomic mass is 16.3. The molecule has 0 bridgehead atoms. The molecule has 23 heavy (non-hydrogen) atoms. The molecule has 5 heteroatoms. The molecule has 2 rings (SSSR count). The second-order valence-corrected chi connectivity index (χ2v) is 6.42. The average molecular weight is 317 g/mol. The van der Waals surface area contributed by atoms with Gasteiger partial charge in [0.05, 0.1) is 11.0 Å². The number of rotatable bonds is 7. The first-order valence-electron chi connectivity index (χ1n) is 8.31. The Balaban J connectivity index is 2.35. The highest BCUT2D eigenvalue weighted by Crippen LogP contribution is 2.18. The van der Waals surface area contributed by atoms with Gasteiger partial charge in [0.1, 0.15) is 12.4 Å². The van der Waals surface area contributed by atoms with Crippen molar-refractivity contribution < 1.29 is 9.90 Å². The summed E-state index contributed by atoms with van der Waals surface area (Å²) in [5, 5.41) is 9.10. The minimum Gasteiger partial charge on any atom is -0.396 e. The number of aliphatic hydroxyl groups excluding tert-OH is 1. The quantitative estimate of drug-likeness (QED) is 0.854. The Labute approximate surface area is 137 Å². The van der Waals surface area contributed by atoms with E-state index in [1.807, 2.05) is 61.4 Å². The number of carbonyl (C=O) groups is 1. The number of benzene rings is 1. The maximum atomic E-state index is 12.8. The van der Waals surface area contributed by atoms with Crippen LogP contribution in [0.15, 0.2) is 24.3 Å². The molecule has 1 aromatic heterocycles. The molecule has 0 saturated heterocycles. The monoisotopic (exact) mass is 317 g/mol. The molecule has 0 spiro atoms. The van der Waals surface area contributed by atoms with Crippen molar-refractivity contribution >= 4 is 16.9 Å². The first kappa shape index (κ1) is 17.5. The summed E-state index contributed by atoms with van der Waals surface area (Å²) in [6, 6.07) is 8.19. The average Bonchev–Trinajstić information content (AvgIpc) is 2.82. The third-order valence-corrected chi connectivity index (χ3v) is 3.99. The van der Waals surface area contributed by atoms with E-state index in [1.54, 1.807) is 0 Å². The van der Waals surface area contributed by atoms with Crippen molar-refractivity contribution in [1.82, 2.24) is 14.5 Å². The molecular formula is C18H27N3O2. The third-order valence-electron chi connectivity index (χ3n) is 3.99. The fourth-order valence-electron chi connectivity index (χ4n) is 3.12. The van der Waals surface area contributed by atoms with Crippen LogP contribution in [0.2, 0.25) is 0 Å². The van der Waals surface area contributed by atoms with Crippen molar-refractivity contribution in [3.63, 3.8) is 0 Å². The molecule has 0 radical (unpaired) electrons. The van der Waals surface area contributed by atoms with Gasteiger partial charge in [-0.05, 0) is 46.2 Å². The largest absolute Gasteiger partial charge is 0.396 e. The van der Waals surface area contributed by atoms with E-state index in [0.29, 0.717) is 12.8 Å². The summed E-state index contributed by atoms with van der Waals surface area (Å²) < 4.78 is 1.99. The number of aryl methyl sites for hydroxylation is 1. The van der Waals surface area contributed by atoms with Crippen molar-refractivity contribution in [1.29, 1.82) is 0 Å². The number of para-hydroxylation sites is 2. The molecule has 1 N–H and O–H groups in total. The van der Waals surface area contributed by atoms with Crippen LogP contribution >= 0.6 is 0 Å². The van der Waals surface area contributed by atoms with E-state index < -0.39 is 0 Å². The molecular weight excluding hydrogens is 290 g/mol. The number of hydrogen-bond donors (Lipinski definition) is 1. The second-order valence-electron chi connectivity index (χ2n) is 6.42. The summed E-state index contributed by atoms with van der Waals surface area (Å²) in [4.78, 5) is 19.3. The smallest absolute Gasteiger partial charge is 0.243 e. The number of aromatic nitrogens is 2. The van der Waals surface area contributed by atoms with Crippen molar-refractivity contribution in [2.24, 2.45) is 0 Å². The maximum absolute atomic E-state index is 12.8. The zero-order valence-corrected chi connectivity index (χ0v) is 14.5. The molecule has 1 aromatic carbocycles. The van der Waals surface area contributed by atoms with Crippen molar-refractivity contribution in [2.45, 2.75) is 59.2 Å². The summed E-state index contributed by atoms with van der Waals surface area (Å²) in [5.41, 5.74) is 1.87. The summed E-state index contributed by atoms with van der Waals surface area (Å²) in [5.74, 6) is 0.962. The number of fused-ring (bicyclic) bond motifs is 1. The van der Waals surface area contributed by atoms with E-state index in [2.05, 4.69) is 4.98 Å². The SMILES string of the molecule is CC(C)N(C(=O)Cn1c(CCCO)nc2ccccc21)C(C)C. The summed E-state index contributed by atoms with van der Waals surface area (Å²) in [6.45, 7) is 8.57. The van der Waals surface area contributed by atoms with Crippen molar-refractivity contribution in [3.05, 3.63) is 30.1 Å². The molecule has 1 amide bonds. The number of nitrogens with zero attached hydrogens (tertiary/aromatic N) is 3. The molecule has 126 valence electrons. The summed E-state index contributed by atoms with van der Waals surface area (Å²) >= 11 is 0. The number of aliphatic hydroxyl groups is 1. The molecule has 0 aliphatic rings. The topological polar surface area (TPSA) is 58.4 Å². The molecule has 0 saturated carbocycles. The van der Waals surface area contributed by atoms with E-state index in [-0.39, 0.29) is 31.1 Å². The predicted molar refractivity (Wildman–Crippen MR) is 92.3 cm³/mol. The van der Waals surface area contributed by atoms with Gasteiger partial charge >= 0.3 is 0 Å². The number of amides is 1. The van der Waals surface area contributed by atoms with Gasteiger partial charge < -0.3 is 14.6 Å². The molecule has 5 nitrogen and oxygen atoms in total. The minimum absolute atomic E-state index is 0.100. The van der Waals surface area contributed by atoms with E-state index in [1.165, 1.54) is 0 Å². The summed E-state index contributed by atoms with van der Waals surface area (Å²) in [7, 11) is 0. The lowest BCUT2D eigenvalue weighted by Crippen LogP contribution is -2.43. The van der Waals surface area contributed by atoms with Crippen LogP contribution in [0.1, 0.15) is 39.9 Å². The molecule has 0 aliphatic heterocycles. The van der Waals surface area contributed by atoms with Crippen molar-refractivity contribution in [3.8, 4) is 0 Å². The van der Waals surface area contributed by atoms with Gasteiger partial charge in [0, 0.05) is 25.1 Å². The maximum Gasteiger partial charge on any atom is 0.243 e. The standard InChI is InChI=1S/C18H27N3O2/c1-13(2)21(14(3)4)18(23)12-20-16-9-6-5-8-15(16)19-17(20)10-7-11-22/h5-6,8-9,13-14,22H,7,10-12H2,1-4H3. The highest BCUT2D eigenvalue weighted by molar-refractivity contribution is 5.81. The fourth-order valence-corrected chi connectivity index (χ4v) is 3.12. The van der Waals surface area contributed by atoms with Gasteiger partial charge in [-0.2, -0.15) is 0 Å². The fraction of sp³-hybridized carbons (Fsp3) is 0.556. The van der Waals surface area contributed by atoms with Crippen LogP contribution in [-0.2, 0) is 17.8 Å². The minimum atomic E-state index is 0.100. The Kier molecular flexibility index (Phi) is 5.77. The Hall–Kier alpha value is -1.88. The van der Waals surface area contributed by atoms with E-state index in [4.69, 9.17) is 5.11 Å². The van der Waals surface area contributed by atoms with Crippen LogP contribution in [0.5, 0.6) is 0 Å². The number of carbonyl (C=O) groups excluding carboxylic acids is 1. The van der Waals surface area contributed by atoms with Gasteiger partial charge in [0.2, 0.25) is 5.91 Å². The molecule has 0 atom stereocenters. The Morgan fingerprint density at radius 2 is 1.87 bits per heavy atom. The zero-order chi connectivity index (χ0) is 17.0. The Bertz CT molecular complexity index is 653. The number of imidazole rings is 1.